The van der Waals surface area contributed by atoms with Crippen LogP contribution in [0.3, 0.4) is 0 Å². The Bertz CT molecular complexity index is 340. The lowest BCUT2D eigenvalue weighted by Crippen LogP contribution is -2.50. The molecule has 0 aliphatic carbocycles. The fraction of sp³-hybridized carbons (Fsp3) is 0.571. The fourth-order valence-electron chi connectivity index (χ4n) is 2.31. The van der Waals surface area contributed by atoms with Gasteiger partial charge in [0.05, 0.1) is 0 Å². The molecule has 1 rings (SSSR count). The maximum absolute atomic E-state index is 5.96. The molecule has 0 radical (unpaired) electrons. The maximum atomic E-state index is 5.96. The number of nitrogens with two attached hydrogens (primary N) is 1. The van der Waals surface area contributed by atoms with Crippen LogP contribution in [0.1, 0.15) is 32.3 Å². The van der Waals surface area contributed by atoms with Crippen LogP contribution >= 0.6 is 15.9 Å². The van der Waals surface area contributed by atoms with Gasteiger partial charge in [0.15, 0.2) is 0 Å². The van der Waals surface area contributed by atoms with Gasteiger partial charge in [-0.25, -0.2) is 0 Å². The highest BCUT2D eigenvalue weighted by Gasteiger charge is 2.29. The van der Waals surface area contributed by atoms with Crippen LogP contribution in [0.25, 0.3) is 0 Å². The van der Waals surface area contributed by atoms with Gasteiger partial charge in [-0.2, -0.15) is 0 Å². The van der Waals surface area contributed by atoms with E-state index in [-0.39, 0.29) is 5.54 Å². The van der Waals surface area contributed by atoms with Crippen molar-refractivity contribution < 1.29 is 0 Å². The molecule has 0 atom stereocenters. The zero-order valence-electron chi connectivity index (χ0n) is 11.0. The molecule has 0 amide bonds. The summed E-state index contributed by atoms with van der Waals surface area (Å²) in [6.45, 7) is 6.09. The first-order valence-electron chi connectivity index (χ1n) is 6.23. The third-order valence-electron chi connectivity index (χ3n) is 3.81. The summed E-state index contributed by atoms with van der Waals surface area (Å²) in [4.78, 5) is 2.38. The Hall–Kier alpha value is -0.380. The molecular formula is C14H23BrN2. The third-order valence-corrected chi connectivity index (χ3v) is 4.31. The molecule has 3 heteroatoms. The van der Waals surface area contributed by atoms with E-state index in [9.17, 15) is 0 Å². The summed E-state index contributed by atoms with van der Waals surface area (Å²) in [6.07, 6.45) is 2.18. The minimum atomic E-state index is 0.127. The van der Waals surface area contributed by atoms with Crippen LogP contribution < -0.4 is 5.73 Å². The third kappa shape index (κ3) is 3.54. The number of likely N-dealkylation sites (N-methyl/N-ethyl adjacent to an activating group) is 1. The van der Waals surface area contributed by atoms with Crippen molar-refractivity contribution in [2.24, 2.45) is 5.73 Å². The van der Waals surface area contributed by atoms with Crippen LogP contribution in [0, 0.1) is 0 Å². The molecule has 0 saturated heterocycles. The molecule has 2 N–H and O–H groups in total. The highest BCUT2D eigenvalue weighted by atomic mass is 79.9. The van der Waals surface area contributed by atoms with Gasteiger partial charge in [0, 0.05) is 23.1 Å². The molecular weight excluding hydrogens is 276 g/mol. The second-order valence-electron chi connectivity index (χ2n) is 4.62. The van der Waals surface area contributed by atoms with Crippen molar-refractivity contribution >= 4 is 15.9 Å². The van der Waals surface area contributed by atoms with Crippen LogP contribution in [0.15, 0.2) is 28.7 Å². The summed E-state index contributed by atoms with van der Waals surface area (Å²) in [5, 5.41) is 0. The Morgan fingerprint density at radius 2 is 1.94 bits per heavy atom. The number of rotatable bonds is 6. The van der Waals surface area contributed by atoms with Gasteiger partial charge >= 0.3 is 0 Å². The average Bonchev–Trinajstić information content (AvgIpc) is 2.32. The minimum Gasteiger partial charge on any atom is -0.329 e. The molecule has 96 valence electrons. The van der Waals surface area contributed by atoms with Crippen LogP contribution in [0.2, 0.25) is 0 Å². The molecule has 0 heterocycles. The van der Waals surface area contributed by atoms with E-state index in [1.54, 1.807) is 0 Å². The summed E-state index contributed by atoms with van der Waals surface area (Å²) in [5.41, 5.74) is 7.41. The van der Waals surface area contributed by atoms with Gasteiger partial charge in [0.2, 0.25) is 0 Å². The average molecular weight is 299 g/mol. The summed E-state index contributed by atoms with van der Waals surface area (Å²) < 4.78 is 1.13. The van der Waals surface area contributed by atoms with Crippen LogP contribution in [-0.4, -0.2) is 24.0 Å². The number of halogens is 1. The van der Waals surface area contributed by atoms with Gasteiger partial charge < -0.3 is 5.73 Å². The Balaban J connectivity index is 2.80. The molecule has 0 fully saturated rings. The lowest BCUT2D eigenvalue weighted by molar-refractivity contribution is 0.108. The monoisotopic (exact) mass is 298 g/mol. The predicted molar refractivity (Wildman–Crippen MR) is 78.0 cm³/mol. The molecule has 2 nitrogen and oxygen atoms in total. The van der Waals surface area contributed by atoms with Crippen LogP contribution in [-0.2, 0) is 6.54 Å². The number of hydrogen-bond acceptors (Lipinski definition) is 2. The summed E-state index contributed by atoms with van der Waals surface area (Å²) >= 11 is 3.51. The molecule has 0 aliphatic rings. The zero-order chi connectivity index (χ0) is 12.9. The topological polar surface area (TPSA) is 29.3 Å². The van der Waals surface area contributed by atoms with Crippen molar-refractivity contribution in [2.75, 3.05) is 13.6 Å². The number of benzene rings is 1. The van der Waals surface area contributed by atoms with Crippen molar-refractivity contribution in [1.82, 2.24) is 4.90 Å². The van der Waals surface area contributed by atoms with Crippen molar-refractivity contribution in [1.29, 1.82) is 0 Å². The van der Waals surface area contributed by atoms with E-state index < -0.39 is 0 Å². The van der Waals surface area contributed by atoms with Crippen LogP contribution in [0.5, 0.6) is 0 Å². The van der Waals surface area contributed by atoms with E-state index in [2.05, 4.69) is 66.0 Å². The Morgan fingerprint density at radius 1 is 1.29 bits per heavy atom. The molecule has 1 aromatic rings. The van der Waals surface area contributed by atoms with E-state index in [4.69, 9.17) is 5.73 Å². The first-order chi connectivity index (χ1) is 8.07. The van der Waals surface area contributed by atoms with Crippen molar-refractivity contribution in [3.63, 3.8) is 0 Å². The highest BCUT2D eigenvalue weighted by molar-refractivity contribution is 9.10. The fourth-order valence-corrected chi connectivity index (χ4v) is 2.76. The number of nitrogens with zero attached hydrogens (tertiary/aromatic N) is 1. The van der Waals surface area contributed by atoms with E-state index in [0.29, 0.717) is 6.54 Å². The lowest BCUT2D eigenvalue weighted by atomic mass is 9.90. The Kier molecular flexibility index (Phi) is 5.63. The zero-order valence-corrected chi connectivity index (χ0v) is 12.6. The van der Waals surface area contributed by atoms with Crippen molar-refractivity contribution in [3.05, 3.63) is 34.3 Å². The second kappa shape index (κ2) is 6.53. The molecule has 0 spiro atoms. The summed E-state index contributed by atoms with van der Waals surface area (Å²) in [6, 6.07) is 8.46. The second-order valence-corrected chi connectivity index (χ2v) is 5.54. The predicted octanol–water partition coefficient (Wildman–Crippen LogP) is 3.40. The van der Waals surface area contributed by atoms with Gasteiger partial charge in [0.25, 0.3) is 0 Å². The number of hydrogen-bond donors (Lipinski definition) is 1. The molecule has 0 aliphatic heterocycles. The normalized spacial score (nSPS) is 12.1. The van der Waals surface area contributed by atoms with Gasteiger partial charge in [-0.1, -0.05) is 41.9 Å². The van der Waals surface area contributed by atoms with Gasteiger partial charge in [-0.15, -0.1) is 0 Å². The first kappa shape index (κ1) is 14.7. The van der Waals surface area contributed by atoms with Crippen molar-refractivity contribution in [3.8, 4) is 0 Å². The SMILES string of the molecule is CCC(CC)(CN)N(C)Cc1cccc(Br)c1. The largest absolute Gasteiger partial charge is 0.329 e. The van der Waals surface area contributed by atoms with Gasteiger partial charge in [0.1, 0.15) is 0 Å². The van der Waals surface area contributed by atoms with Gasteiger partial charge in [-0.05, 0) is 37.6 Å². The minimum absolute atomic E-state index is 0.127. The quantitative estimate of drug-likeness (QED) is 0.872. The standard InChI is InChI=1S/C14H23BrN2/c1-4-14(5-2,11-16)17(3)10-12-7-6-8-13(15)9-12/h6-9H,4-5,10-11,16H2,1-3H3. The van der Waals surface area contributed by atoms with E-state index in [0.717, 1.165) is 23.9 Å². The Labute approximate surface area is 113 Å². The summed E-state index contributed by atoms with van der Waals surface area (Å²) in [7, 11) is 2.17. The van der Waals surface area contributed by atoms with E-state index in [1.165, 1.54) is 5.56 Å². The molecule has 0 unspecified atom stereocenters. The molecule has 0 saturated carbocycles. The molecule has 1 aromatic carbocycles. The first-order valence-corrected chi connectivity index (χ1v) is 7.03. The van der Waals surface area contributed by atoms with E-state index >= 15 is 0 Å². The molecule has 0 aromatic heterocycles. The van der Waals surface area contributed by atoms with E-state index in [1.807, 2.05) is 0 Å². The smallest absolute Gasteiger partial charge is 0.0327 e. The summed E-state index contributed by atoms with van der Waals surface area (Å²) in [5.74, 6) is 0. The lowest BCUT2D eigenvalue weighted by Gasteiger charge is -2.40. The van der Waals surface area contributed by atoms with Gasteiger partial charge in [-0.3, -0.25) is 4.90 Å². The molecule has 17 heavy (non-hydrogen) atoms. The maximum Gasteiger partial charge on any atom is 0.0327 e. The molecule has 0 bridgehead atoms. The van der Waals surface area contributed by atoms with Crippen molar-refractivity contribution in [2.45, 2.75) is 38.8 Å². The van der Waals surface area contributed by atoms with Crippen LogP contribution in [0.4, 0.5) is 0 Å². The highest BCUT2D eigenvalue weighted by Crippen LogP contribution is 2.24. The Morgan fingerprint density at radius 3 is 2.41 bits per heavy atom.